The van der Waals surface area contributed by atoms with Gasteiger partial charge in [0.15, 0.2) is 11.5 Å². The van der Waals surface area contributed by atoms with Crippen molar-refractivity contribution in [3.63, 3.8) is 0 Å². The number of fused-ring (bicyclic) bond motifs is 2. The third-order valence-corrected chi connectivity index (χ3v) is 5.82. The van der Waals surface area contributed by atoms with Gasteiger partial charge < -0.3 is 14.8 Å². The minimum absolute atomic E-state index is 0.00458. The maximum Gasteiger partial charge on any atom is 0.286 e. The second kappa shape index (κ2) is 7.51. The lowest BCUT2D eigenvalue weighted by molar-refractivity contribution is -0.385. The highest BCUT2D eigenvalue weighted by atomic mass is 16.6. The molecule has 2 bridgehead atoms. The normalized spacial score (nSPS) is 25.0. The van der Waals surface area contributed by atoms with Gasteiger partial charge in [-0.25, -0.2) is 0 Å². The van der Waals surface area contributed by atoms with Crippen molar-refractivity contribution in [2.45, 2.75) is 45.6 Å². The number of carbonyl (C=O) groups excluding carboxylic acids is 1. The highest BCUT2D eigenvalue weighted by molar-refractivity contribution is 5.99. The van der Waals surface area contributed by atoms with Crippen molar-refractivity contribution in [3.05, 3.63) is 27.8 Å². The summed E-state index contributed by atoms with van der Waals surface area (Å²) in [7, 11) is 1.42. The molecule has 7 nitrogen and oxygen atoms in total. The first-order valence-electron chi connectivity index (χ1n) is 9.24. The molecule has 1 aromatic rings. The van der Waals surface area contributed by atoms with Gasteiger partial charge in [0, 0.05) is 12.1 Å². The fourth-order valence-corrected chi connectivity index (χ4v) is 4.61. The molecule has 1 N–H and O–H groups in total. The predicted molar refractivity (Wildman–Crippen MR) is 96.7 cm³/mol. The summed E-state index contributed by atoms with van der Waals surface area (Å²) in [6, 6.07) is 2.65. The average Bonchev–Trinajstić information content (AvgIpc) is 3.24. The molecule has 2 saturated carbocycles. The third-order valence-electron chi connectivity index (χ3n) is 5.82. The van der Waals surface area contributed by atoms with Crippen LogP contribution in [0.2, 0.25) is 0 Å². The molecule has 1 amide bonds. The van der Waals surface area contributed by atoms with Crippen molar-refractivity contribution >= 4 is 11.6 Å². The van der Waals surface area contributed by atoms with Gasteiger partial charge in [0.05, 0.1) is 24.7 Å². The lowest BCUT2D eigenvalue weighted by atomic mass is 9.84. The topological polar surface area (TPSA) is 90.7 Å². The van der Waals surface area contributed by atoms with Crippen LogP contribution in [0.5, 0.6) is 11.5 Å². The van der Waals surface area contributed by atoms with Crippen molar-refractivity contribution < 1.29 is 19.2 Å². The number of ether oxygens (including phenoxy) is 2. The van der Waals surface area contributed by atoms with E-state index in [4.69, 9.17) is 9.47 Å². The van der Waals surface area contributed by atoms with E-state index in [2.05, 4.69) is 5.32 Å². The van der Waals surface area contributed by atoms with Gasteiger partial charge >= 0.3 is 0 Å². The Morgan fingerprint density at radius 1 is 1.35 bits per heavy atom. The summed E-state index contributed by atoms with van der Waals surface area (Å²) in [6.45, 7) is 4.18. The Labute approximate surface area is 153 Å². The summed E-state index contributed by atoms with van der Waals surface area (Å²) in [5.74, 6) is 2.05. The van der Waals surface area contributed by atoms with Gasteiger partial charge in [-0.3, -0.25) is 14.9 Å². The second-order valence-electron chi connectivity index (χ2n) is 7.31. The molecule has 7 heteroatoms. The van der Waals surface area contributed by atoms with Crippen molar-refractivity contribution in [2.75, 3.05) is 13.7 Å². The number of carbonyl (C=O) groups is 1. The maximum atomic E-state index is 12.8. The summed E-state index contributed by atoms with van der Waals surface area (Å²) in [6.07, 6.45) is 4.92. The van der Waals surface area contributed by atoms with Crippen LogP contribution in [0.15, 0.2) is 12.1 Å². The van der Waals surface area contributed by atoms with Crippen LogP contribution in [-0.2, 0) is 0 Å². The number of rotatable bonds is 7. The smallest absolute Gasteiger partial charge is 0.286 e. The highest BCUT2D eigenvalue weighted by Gasteiger charge is 2.42. The Bertz CT molecular complexity index is 705. The standard InChI is InChI=1S/C19H26N2O5/c1-4-26-18-9-15(16(21(23)24)10-17(18)25-3)19(22)20-11(2)14-8-12-5-6-13(14)7-12/h9-14H,4-8H2,1-3H3,(H,20,22). The molecule has 0 saturated heterocycles. The van der Waals surface area contributed by atoms with Crippen LogP contribution >= 0.6 is 0 Å². The summed E-state index contributed by atoms with van der Waals surface area (Å²) >= 11 is 0. The van der Waals surface area contributed by atoms with E-state index in [1.54, 1.807) is 6.92 Å². The van der Waals surface area contributed by atoms with E-state index >= 15 is 0 Å². The van der Waals surface area contributed by atoms with Crippen LogP contribution in [0.4, 0.5) is 5.69 Å². The predicted octanol–water partition coefficient (Wildman–Crippen LogP) is 3.56. The molecule has 0 radical (unpaired) electrons. The molecule has 0 aromatic heterocycles. The van der Waals surface area contributed by atoms with Crippen molar-refractivity contribution in [2.24, 2.45) is 17.8 Å². The summed E-state index contributed by atoms with van der Waals surface area (Å²) in [5.41, 5.74) is -0.266. The Morgan fingerprint density at radius 3 is 2.65 bits per heavy atom. The molecule has 2 fully saturated rings. The van der Waals surface area contributed by atoms with E-state index in [-0.39, 0.29) is 23.0 Å². The summed E-state index contributed by atoms with van der Waals surface area (Å²) < 4.78 is 10.6. The van der Waals surface area contributed by atoms with Crippen LogP contribution < -0.4 is 14.8 Å². The first-order valence-corrected chi connectivity index (χ1v) is 9.24. The van der Waals surface area contributed by atoms with E-state index < -0.39 is 10.8 Å². The molecule has 0 heterocycles. The van der Waals surface area contributed by atoms with E-state index in [1.165, 1.54) is 38.5 Å². The fourth-order valence-electron chi connectivity index (χ4n) is 4.61. The largest absolute Gasteiger partial charge is 0.493 e. The number of benzene rings is 1. The monoisotopic (exact) mass is 362 g/mol. The minimum Gasteiger partial charge on any atom is -0.493 e. The number of nitrogens with one attached hydrogen (secondary N) is 1. The van der Waals surface area contributed by atoms with Crippen molar-refractivity contribution in [3.8, 4) is 11.5 Å². The Hall–Kier alpha value is -2.31. The summed E-state index contributed by atoms with van der Waals surface area (Å²) in [4.78, 5) is 23.7. The fraction of sp³-hybridized carbons (Fsp3) is 0.632. The first kappa shape index (κ1) is 18.5. The van der Waals surface area contributed by atoms with Gasteiger partial charge in [0.1, 0.15) is 5.56 Å². The number of nitrogens with zero attached hydrogens (tertiary/aromatic N) is 1. The van der Waals surface area contributed by atoms with Crippen molar-refractivity contribution in [1.29, 1.82) is 0 Å². The van der Waals surface area contributed by atoms with Gasteiger partial charge in [-0.1, -0.05) is 6.42 Å². The zero-order valence-electron chi connectivity index (χ0n) is 15.5. The third kappa shape index (κ3) is 3.48. The molecule has 2 aliphatic carbocycles. The molecular weight excluding hydrogens is 336 g/mol. The summed E-state index contributed by atoms with van der Waals surface area (Å²) in [5, 5.41) is 14.4. The van der Waals surface area contributed by atoms with Crippen LogP contribution in [-0.4, -0.2) is 30.6 Å². The molecule has 142 valence electrons. The molecule has 4 unspecified atom stereocenters. The number of methoxy groups -OCH3 is 1. The van der Waals surface area contributed by atoms with Crippen LogP contribution in [0.1, 0.15) is 49.9 Å². The highest BCUT2D eigenvalue weighted by Crippen LogP contribution is 2.49. The number of nitro groups is 1. The molecule has 2 aliphatic rings. The molecule has 4 atom stereocenters. The van der Waals surface area contributed by atoms with E-state index in [9.17, 15) is 14.9 Å². The SMILES string of the molecule is CCOc1cc(C(=O)NC(C)C2CC3CCC2C3)c([N+](=O)[O-])cc1OC. The average molecular weight is 362 g/mol. The Balaban J connectivity index is 1.82. The maximum absolute atomic E-state index is 12.8. The molecule has 3 rings (SSSR count). The van der Waals surface area contributed by atoms with Gasteiger partial charge in [-0.15, -0.1) is 0 Å². The lowest BCUT2D eigenvalue weighted by Crippen LogP contribution is -2.40. The minimum atomic E-state index is -0.560. The van der Waals surface area contributed by atoms with Crippen LogP contribution in [0.3, 0.4) is 0 Å². The molecule has 0 spiro atoms. The zero-order chi connectivity index (χ0) is 18.8. The van der Waals surface area contributed by atoms with Gasteiger partial charge in [0.2, 0.25) is 0 Å². The number of nitro benzene ring substituents is 1. The van der Waals surface area contributed by atoms with Crippen LogP contribution in [0.25, 0.3) is 0 Å². The number of hydrogen-bond acceptors (Lipinski definition) is 5. The van der Waals surface area contributed by atoms with Crippen molar-refractivity contribution in [1.82, 2.24) is 5.32 Å². The second-order valence-corrected chi connectivity index (χ2v) is 7.31. The lowest BCUT2D eigenvalue weighted by Gasteiger charge is -2.28. The van der Waals surface area contributed by atoms with Gasteiger partial charge in [-0.05, 0) is 50.9 Å². The molecule has 26 heavy (non-hydrogen) atoms. The van der Waals surface area contributed by atoms with Crippen LogP contribution in [0, 0.1) is 27.9 Å². The van der Waals surface area contributed by atoms with E-state index in [1.807, 2.05) is 6.92 Å². The number of amides is 1. The first-order chi connectivity index (χ1) is 12.4. The zero-order valence-corrected chi connectivity index (χ0v) is 15.5. The van der Waals surface area contributed by atoms with Gasteiger partial charge in [-0.2, -0.15) is 0 Å². The molecule has 0 aliphatic heterocycles. The van der Waals surface area contributed by atoms with E-state index in [0.717, 1.165) is 12.3 Å². The van der Waals surface area contributed by atoms with E-state index in [0.29, 0.717) is 24.2 Å². The molecular formula is C19H26N2O5. The number of hydrogen-bond donors (Lipinski definition) is 1. The quantitative estimate of drug-likeness (QED) is 0.591. The van der Waals surface area contributed by atoms with Gasteiger partial charge in [0.25, 0.3) is 11.6 Å². The molecule has 1 aromatic carbocycles. The Kier molecular flexibility index (Phi) is 5.34. The Morgan fingerprint density at radius 2 is 2.12 bits per heavy atom.